The Kier molecular flexibility index (Phi) is 3.66. The van der Waals surface area contributed by atoms with Crippen molar-refractivity contribution in [1.82, 2.24) is 14.9 Å². The van der Waals surface area contributed by atoms with Crippen LogP contribution in [-0.2, 0) is 17.8 Å². The molecule has 0 unspecified atom stereocenters. The Morgan fingerprint density at radius 3 is 2.64 bits per heavy atom. The van der Waals surface area contributed by atoms with Crippen molar-refractivity contribution in [3.05, 3.63) is 35.5 Å². The minimum absolute atomic E-state index is 0.0585. The fourth-order valence-corrected chi connectivity index (χ4v) is 2.69. The van der Waals surface area contributed by atoms with Gasteiger partial charge in [0.15, 0.2) is 0 Å². The molecule has 22 heavy (non-hydrogen) atoms. The first-order valence-corrected chi connectivity index (χ1v) is 7.13. The van der Waals surface area contributed by atoms with Crippen LogP contribution >= 0.6 is 0 Å². The van der Waals surface area contributed by atoms with E-state index in [1.807, 2.05) is 24.3 Å². The maximum Gasteiger partial charge on any atom is 0.220 e. The van der Waals surface area contributed by atoms with Gasteiger partial charge >= 0.3 is 0 Å². The Morgan fingerprint density at radius 1 is 1.27 bits per heavy atom. The topological polar surface area (TPSA) is 81.3 Å². The van der Waals surface area contributed by atoms with Crippen molar-refractivity contribution >= 4 is 11.9 Å². The van der Waals surface area contributed by atoms with Gasteiger partial charge in [0.1, 0.15) is 5.75 Å². The van der Waals surface area contributed by atoms with E-state index in [9.17, 15) is 4.79 Å². The highest BCUT2D eigenvalue weighted by molar-refractivity contribution is 5.74. The van der Waals surface area contributed by atoms with Gasteiger partial charge in [-0.05, 0) is 24.3 Å². The summed E-state index contributed by atoms with van der Waals surface area (Å²) in [6.07, 6.45) is 0.699. The average Bonchev–Trinajstić information content (AvgIpc) is 2.53. The summed E-state index contributed by atoms with van der Waals surface area (Å²) in [7, 11) is 1.63. The number of rotatable bonds is 2. The van der Waals surface area contributed by atoms with Crippen LogP contribution in [0.25, 0.3) is 11.3 Å². The number of ether oxygens (including phenoxy) is 1. The van der Waals surface area contributed by atoms with Crippen molar-refractivity contribution in [2.24, 2.45) is 0 Å². The lowest BCUT2D eigenvalue weighted by atomic mass is 9.99. The number of anilines is 1. The first-order chi connectivity index (χ1) is 10.6. The van der Waals surface area contributed by atoms with Gasteiger partial charge in [0.25, 0.3) is 0 Å². The molecule has 0 radical (unpaired) electrons. The Morgan fingerprint density at radius 2 is 2.00 bits per heavy atom. The number of carbonyl (C=O) groups is 1. The van der Waals surface area contributed by atoms with Crippen LogP contribution in [0.4, 0.5) is 5.95 Å². The van der Waals surface area contributed by atoms with Crippen molar-refractivity contribution in [1.29, 1.82) is 0 Å². The monoisotopic (exact) mass is 298 g/mol. The molecule has 0 saturated heterocycles. The van der Waals surface area contributed by atoms with Gasteiger partial charge in [-0.3, -0.25) is 4.79 Å². The second kappa shape index (κ2) is 5.63. The second-order valence-electron chi connectivity index (χ2n) is 5.27. The molecule has 0 saturated carbocycles. The maximum absolute atomic E-state index is 11.7. The minimum Gasteiger partial charge on any atom is -0.497 e. The van der Waals surface area contributed by atoms with Crippen LogP contribution in [0.1, 0.15) is 18.2 Å². The molecule has 1 aliphatic heterocycles. The molecule has 1 amide bonds. The zero-order chi connectivity index (χ0) is 15.7. The van der Waals surface area contributed by atoms with Gasteiger partial charge in [-0.25, -0.2) is 9.97 Å². The zero-order valence-electron chi connectivity index (χ0n) is 12.7. The van der Waals surface area contributed by atoms with E-state index in [4.69, 9.17) is 10.5 Å². The Balaban J connectivity index is 2.07. The van der Waals surface area contributed by atoms with Gasteiger partial charge in [-0.15, -0.1) is 0 Å². The number of aromatic nitrogens is 2. The summed E-state index contributed by atoms with van der Waals surface area (Å²) in [4.78, 5) is 22.2. The van der Waals surface area contributed by atoms with E-state index in [0.717, 1.165) is 28.3 Å². The number of hydrogen-bond donors (Lipinski definition) is 1. The molecule has 0 atom stereocenters. The molecule has 6 heteroatoms. The number of carbonyl (C=O) groups excluding carboxylic acids is 1. The van der Waals surface area contributed by atoms with Crippen molar-refractivity contribution in [3.8, 4) is 17.0 Å². The lowest BCUT2D eigenvalue weighted by Gasteiger charge is -2.28. The van der Waals surface area contributed by atoms with Crippen LogP contribution in [0.5, 0.6) is 5.75 Å². The number of benzene rings is 1. The summed E-state index contributed by atoms with van der Waals surface area (Å²) < 4.78 is 5.18. The number of methoxy groups -OCH3 is 1. The lowest BCUT2D eigenvalue weighted by molar-refractivity contribution is -0.129. The molecule has 0 bridgehead atoms. The van der Waals surface area contributed by atoms with Gasteiger partial charge in [0.2, 0.25) is 11.9 Å². The normalized spacial score (nSPS) is 13.6. The maximum atomic E-state index is 11.7. The molecule has 2 N–H and O–H groups in total. The molecule has 1 aliphatic rings. The fraction of sp³-hybridized carbons (Fsp3) is 0.312. The van der Waals surface area contributed by atoms with E-state index in [0.29, 0.717) is 19.5 Å². The smallest absolute Gasteiger partial charge is 0.220 e. The van der Waals surface area contributed by atoms with Gasteiger partial charge in [-0.1, -0.05) is 0 Å². The molecule has 1 aromatic heterocycles. The quantitative estimate of drug-likeness (QED) is 0.911. The first-order valence-electron chi connectivity index (χ1n) is 7.13. The Labute approximate surface area is 128 Å². The van der Waals surface area contributed by atoms with Crippen molar-refractivity contribution in [3.63, 3.8) is 0 Å². The molecular formula is C16H18N4O2. The molecular weight excluding hydrogens is 280 g/mol. The van der Waals surface area contributed by atoms with Gasteiger partial charge in [0.05, 0.1) is 18.5 Å². The Bertz CT molecular complexity index is 713. The number of fused-ring (bicyclic) bond motifs is 1. The molecule has 3 rings (SSSR count). The highest BCUT2D eigenvalue weighted by atomic mass is 16.5. The van der Waals surface area contributed by atoms with Gasteiger partial charge < -0.3 is 15.4 Å². The SMILES string of the molecule is COc1ccc(-c2nc(N)nc3c2CN(C(C)=O)CC3)cc1. The summed E-state index contributed by atoms with van der Waals surface area (Å²) in [5.74, 6) is 1.11. The number of nitrogen functional groups attached to an aromatic ring is 1. The summed E-state index contributed by atoms with van der Waals surface area (Å²) >= 11 is 0. The highest BCUT2D eigenvalue weighted by Gasteiger charge is 2.24. The second-order valence-corrected chi connectivity index (χ2v) is 5.27. The van der Waals surface area contributed by atoms with E-state index < -0.39 is 0 Å². The number of nitrogens with zero attached hydrogens (tertiary/aromatic N) is 3. The van der Waals surface area contributed by atoms with E-state index in [1.165, 1.54) is 0 Å². The number of nitrogens with two attached hydrogens (primary N) is 1. The number of amides is 1. The summed E-state index contributed by atoms with van der Waals surface area (Å²) in [5.41, 5.74) is 9.47. The summed E-state index contributed by atoms with van der Waals surface area (Å²) in [6, 6.07) is 7.64. The van der Waals surface area contributed by atoms with Crippen molar-refractivity contribution in [2.75, 3.05) is 19.4 Å². The predicted octanol–water partition coefficient (Wildman–Crippen LogP) is 1.64. The van der Waals surface area contributed by atoms with Gasteiger partial charge in [0, 0.05) is 37.6 Å². The summed E-state index contributed by atoms with van der Waals surface area (Å²) in [6.45, 7) is 2.77. The predicted molar refractivity (Wildman–Crippen MR) is 83.2 cm³/mol. The fourth-order valence-electron chi connectivity index (χ4n) is 2.69. The van der Waals surface area contributed by atoms with E-state index >= 15 is 0 Å². The lowest BCUT2D eigenvalue weighted by Crippen LogP contribution is -2.35. The molecule has 0 spiro atoms. The van der Waals surface area contributed by atoms with Crippen LogP contribution in [-0.4, -0.2) is 34.4 Å². The van der Waals surface area contributed by atoms with E-state index in [1.54, 1.807) is 18.9 Å². The largest absolute Gasteiger partial charge is 0.497 e. The number of hydrogen-bond acceptors (Lipinski definition) is 5. The van der Waals surface area contributed by atoms with E-state index in [2.05, 4.69) is 9.97 Å². The average molecular weight is 298 g/mol. The van der Waals surface area contributed by atoms with E-state index in [-0.39, 0.29) is 11.9 Å². The molecule has 0 fully saturated rings. The van der Waals surface area contributed by atoms with Gasteiger partial charge in [-0.2, -0.15) is 0 Å². The zero-order valence-corrected chi connectivity index (χ0v) is 12.7. The van der Waals surface area contributed by atoms with Crippen LogP contribution in [0.2, 0.25) is 0 Å². The molecule has 2 aromatic rings. The van der Waals surface area contributed by atoms with Crippen LogP contribution < -0.4 is 10.5 Å². The first kappa shape index (κ1) is 14.3. The third kappa shape index (κ3) is 2.59. The molecule has 0 aliphatic carbocycles. The molecule has 1 aromatic carbocycles. The molecule has 6 nitrogen and oxygen atoms in total. The van der Waals surface area contributed by atoms with Crippen LogP contribution in [0, 0.1) is 0 Å². The van der Waals surface area contributed by atoms with Crippen molar-refractivity contribution in [2.45, 2.75) is 19.9 Å². The Hall–Kier alpha value is -2.63. The van der Waals surface area contributed by atoms with Crippen LogP contribution in [0.3, 0.4) is 0 Å². The third-order valence-corrected chi connectivity index (χ3v) is 3.89. The molecule has 2 heterocycles. The highest BCUT2D eigenvalue weighted by Crippen LogP contribution is 2.29. The van der Waals surface area contributed by atoms with Crippen molar-refractivity contribution < 1.29 is 9.53 Å². The third-order valence-electron chi connectivity index (χ3n) is 3.89. The van der Waals surface area contributed by atoms with Crippen LogP contribution in [0.15, 0.2) is 24.3 Å². The minimum atomic E-state index is 0.0585. The summed E-state index contributed by atoms with van der Waals surface area (Å²) in [5, 5.41) is 0. The molecule has 114 valence electrons. The standard InChI is InChI=1S/C16H18N4O2/c1-10(21)20-8-7-14-13(9-20)15(19-16(17)18-14)11-3-5-12(22-2)6-4-11/h3-6H,7-9H2,1-2H3,(H2,17,18,19).